The Hall–Kier alpha value is -0.570. The minimum Gasteiger partial charge on any atom is -0.342 e. The van der Waals surface area contributed by atoms with E-state index in [1.807, 2.05) is 0 Å². The summed E-state index contributed by atoms with van der Waals surface area (Å²) in [5, 5.41) is 3.51. The van der Waals surface area contributed by atoms with Gasteiger partial charge in [0.05, 0.1) is 0 Å². The van der Waals surface area contributed by atoms with E-state index in [1.54, 1.807) is 0 Å². The Balaban J connectivity index is 1.78. The van der Waals surface area contributed by atoms with Crippen molar-refractivity contribution in [3.8, 4) is 0 Å². The molecule has 3 nitrogen and oxygen atoms in total. The summed E-state index contributed by atoms with van der Waals surface area (Å²) in [6.07, 6.45) is 4.47. The van der Waals surface area contributed by atoms with Gasteiger partial charge in [-0.1, -0.05) is 13.8 Å². The summed E-state index contributed by atoms with van der Waals surface area (Å²) in [4.78, 5) is 14.0. The maximum Gasteiger partial charge on any atom is 0.222 e. The fourth-order valence-electron chi connectivity index (χ4n) is 2.64. The topological polar surface area (TPSA) is 32.3 Å². The molecule has 1 N–H and O–H groups in total. The molecule has 1 amide bonds. The number of hydrogen-bond acceptors (Lipinski definition) is 2. The van der Waals surface area contributed by atoms with Gasteiger partial charge in [-0.05, 0) is 37.6 Å². The zero-order chi connectivity index (χ0) is 11.5. The number of likely N-dealkylation sites (tertiary alicyclic amines) is 1. The summed E-state index contributed by atoms with van der Waals surface area (Å²) in [5.41, 5.74) is 0. The predicted molar refractivity (Wildman–Crippen MR) is 65.2 cm³/mol. The van der Waals surface area contributed by atoms with E-state index in [9.17, 15) is 4.79 Å². The van der Waals surface area contributed by atoms with Crippen molar-refractivity contribution in [2.45, 2.75) is 45.6 Å². The molecular formula is C13H24N2O. The maximum absolute atomic E-state index is 12.0. The minimum atomic E-state index is 0.393. The molecule has 1 saturated heterocycles. The molecule has 2 aliphatic rings. The van der Waals surface area contributed by atoms with Gasteiger partial charge in [0.25, 0.3) is 0 Å². The molecule has 2 fully saturated rings. The Morgan fingerprint density at radius 3 is 2.69 bits per heavy atom. The molecule has 0 spiro atoms. The van der Waals surface area contributed by atoms with Gasteiger partial charge in [-0.2, -0.15) is 0 Å². The highest BCUT2D eigenvalue weighted by atomic mass is 16.2. The van der Waals surface area contributed by atoms with Crippen molar-refractivity contribution >= 4 is 5.91 Å². The molecule has 0 aromatic heterocycles. The lowest BCUT2D eigenvalue weighted by Crippen LogP contribution is -2.50. The number of amides is 1. The standard InChI is InChI=1S/C13H24N2O/c1-3-14-12-6-7-15(9-10(12)2)13(16)8-11-4-5-11/h10-12,14H,3-9H2,1-2H3. The van der Waals surface area contributed by atoms with Gasteiger partial charge in [0.1, 0.15) is 0 Å². The van der Waals surface area contributed by atoms with Crippen molar-refractivity contribution in [2.24, 2.45) is 11.8 Å². The van der Waals surface area contributed by atoms with Crippen LogP contribution in [0.3, 0.4) is 0 Å². The Morgan fingerprint density at radius 1 is 1.38 bits per heavy atom. The fourth-order valence-corrected chi connectivity index (χ4v) is 2.64. The predicted octanol–water partition coefficient (Wildman–Crippen LogP) is 1.63. The van der Waals surface area contributed by atoms with Gasteiger partial charge >= 0.3 is 0 Å². The van der Waals surface area contributed by atoms with Crippen LogP contribution >= 0.6 is 0 Å². The van der Waals surface area contributed by atoms with Crippen molar-refractivity contribution in [1.82, 2.24) is 10.2 Å². The summed E-state index contributed by atoms with van der Waals surface area (Å²) in [6.45, 7) is 7.34. The van der Waals surface area contributed by atoms with Crippen LogP contribution in [0.2, 0.25) is 0 Å². The summed E-state index contributed by atoms with van der Waals surface area (Å²) >= 11 is 0. The third kappa shape index (κ3) is 2.97. The smallest absolute Gasteiger partial charge is 0.222 e. The molecule has 16 heavy (non-hydrogen) atoms. The second kappa shape index (κ2) is 5.17. The zero-order valence-corrected chi connectivity index (χ0v) is 10.5. The van der Waals surface area contributed by atoms with Crippen LogP contribution in [0.4, 0.5) is 0 Å². The van der Waals surface area contributed by atoms with Gasteiger partial charge in [-0.15, -0.1) is 0 Å². The molecular weight excluding hydrogens is 200 g/mol. The van der Waals surface area contributed by atoms with Gasteiger partial charge in [0.2, 0.25) is 5.91 Å². The van der Waals surface area contributed by atoms with Crippen LogP contribution in [0.5, 0.6) is 0 Å². The van der Waals surface area contributed by atoms with Crippen molar-refractivity contribution in [2.75, 3.05) is 19.6 Å². The number of carbonyl (C=O) groups is 1. The van der Waals surface area contributed by atoms with Crippen molar-refractivity contribution in [3.63, 3.8) is 0 Å². The summed E-state index contributed by atoms with van der Waals surface area (Å²) in [7, 11) is 0. The highest BCUT2D eigenvalue weighted by Gasteiger charge is 2.31. The lowest BCUT2D eigenvalue weighted by molar-refractivity contribution is -0.133. The van der Waals surface area contributed by atoms with Crippen LogP contribution in [0, 0.1) is 11.8 Å². The quantitative estimate of drug-likeness (QED) is 0.787. The summed E-state index contributed by atoms with van der Waals surface area (Å²) < 4.78 is 0. The SMILES string of the molecule is CCNC1CCN(C(=O)CC2CC2)CC1C. The average molecular weight is 224 g/mol. The third-order valence-electron chi connectivity index (χ3n) is 3.88. The molecule has 1 saturated carbocycles. The fraction of sp³-hybridized carbons (Fsp3) is 0.923. The second-order valence-electron chi connectivity index (χ2n) is 5.42. The molecule has 0 aromatic rings. The third-order valence-corrected chi connectivity index (χ3v) is 3.88. The van der Waals surface area contributed by atoms with Crippen molar-refractivity contribution in [1.29, 1.82) is 0 Å². The number of rotatable bonds is 4. The molecule has 0 aromatic carbocycles. The van der Waals surface area contributed by atoms with E-state index in [-0.39, 0.29) is 0 Å². The van der Waals surface area contributed by atoms with E-state index < -0.39 is 0 Å². The average Bonchev–Trinajstić information content (AvgIpc) is 3.05. The van der Waals surface area contributed by atoms with Gasteiger partial charge in [-0.25, -0.2) is 0 Å². The number of hydrogen-bond donors (Lipinski definition) is 1. The Kier molecular flexibility index (Phi) is 3.85. The van der Waals surface area contributed by atoms with E-state index in [0.717, 1.165) is 32.5 Å². The summed E-state index contributed by atoms with van der Waals surface area (Å²) in [5.74, 6) is 1.70. The number of carbonyl (C=O) groups excluding carboxylic acids is 1. The highest BCUT2D eigenvalue weighted by Crippen LogP contribution is 2.33. The van der Waals surface area contributed by atoms with E-state index in [0.29, 0.717) is 23.8 Å². The van der Waals surface area contributed by atoms with Gasteiger partial charge in [-0.3, -0.25) is 4.79 Å². The molecule has 2 atom stereocenters. The Labute approximate surface area is 98.6 Å². The Bertz CT molecular complexity index is 250. The second-order valence-corrected chi connectivity index (χ2v) is 5.42. The van der Waals surface area contributed by atoms with E-state index >= 15 is 0 Å². The van der Waals surface area contributed by atoms with Crippen LogP contribution < -0.4 is 5.32 Å². The van der Waals surface area contributed by atoms with E-state index in [2.05, 4.69) is 24.1 Å². The maximum atomic E-state index is 12.0. The first-order valence-electron chi connectivity index (χ1n) is 6.72. The highest BCUT2D eigenvalue weighted by molar-refractivity contribution is 5.76. The molecule has 0 bridgehead atoms. The number of nitrogens with zero attached hydrogens (tertiary/aromatic N) is 1. The van der Waals surface area contributed by atoms with E-state index in [1.165, 1.54) is 12.8 Å². The first-order chi connectivity index (χ1) is 7.70. The first kappa shape index (κ1) is 11.9. The summed E-state index contributed by atoms with van der Waals surface area (Å²) in [6, 6.07) is 0.606. The number of piperidine rings is 1. The van der Waals surface area contributed by atoms with Gasteiger partial charge in [0.15, 0.2) is 0 Å². The zero-order valence-electron chi connectivity index (χ0n) is 10.5. The van der Waals surface area contributed by atoms with Gasteiger partial charge in [0, 0.05) is 25.6 Å². The minimum absolute atomic E-state index is 0.393. The normalized spacial score (nSPS) is 30.5. The van der Waals surface area contributed by atoms with E-state index in [4.69, 9.17) is 0 Å². The largest absolute Gasteiger partial charge is 0.342 e. The van der Waals surface area contributed by atoms with Crippen LogP contribution in [-0.2, 0) is 4.79 Å². The molecule has 1 aliphatic carbocycles. The lowest BCUT2D eigenvalue weighted by Gasteiger charge is -2.37. The van der Waals surface area contributed by atoms with Crippen LogP contribution in [-0.4, -0.2) is 36.5 Å². The van der Waals surface area contributed by atoms with Crippen molar-refractivity contribution in [3.05, 3.63) is 0 Å². The Morgan fingerprint density at radius 2 is 2.12 bits per heavy atom. The molecule has 0 radical (unpaired) electrons. The molecule has 1 aliphatic heterocycles. The molecule has 1 heterocycles. The molecule has 3 heteroatoms. The van der Waals surface area contributed by atoms with Crippen LogP contribution in [0.1, 0.15) is 39.5 Å². The van der Waals surface area contributed by atoms with Crippen LogP contribution in [0.25, 0.3) is 0 Å². The molecule has 92 valence electrons. The monoisotopic (exact) mass is 224 g/mol. The van der Waals surface area contributed by atoms with Crippen LogP contribution in [0.15, 0.2) is 0 Å². The van der Waals surface area contributed by atoms with Gasteiger partial charge < -0.3 is 10.2 Å². The first-order valence-corrected chi connectivity index (χ1v) is 6.72. The molecule has 2 rings (SSSR count). The lowest BCUT2D eigenvalue weighted by atomic mass is 9.93. The number of nitrogens with one attached hydrogen (secondary N) is 1. The molecule has 2 unspecified atom stereocenters. The van der Waals surface area contributed by atoms with Crippen molar-refractivity contribution < 1.29 is 4.79 Å².